The molecule has 1 aliphatic heterocycles. The molecule has 1 atom stereocenters. The smallest absolute Gasteiger partial charge is 0.336 e. The minimum atomic E-state index is -0.348. The molecule has 0 bridgehead atoms. The molecule has 1 N–H and O–H groups in total. The van der Waals surface area contributed by atoms with Crippen LogP contribution in [0.4, 0.5) is 0 Å². The molecule has 90 valence electrons. The monoisotopic (exact) mass is 244 g/mol. The molecule has 0 aromatic carbocycles. The van der Waals surface area contributed by atoms with Gasteiger partial charge >= 0.3 is 5.97 Å². The molecule has 1 heterocycles. The van der Waals surface area contributed by atoms with E-state index in [4.69, 9.17) is 4.74 Å². The van der Waals surface area contributed by atoms with E-state index in [9.17, 15) is 9.59 Å². The summed E-state index contributed by atoms with van der Waals surface area (Å²) in [6.45, 7) is 5.46. The third-order valence-corrected chi connectivity index (χ3v) is 3.53. The zero-order valence-corrected chi connectivity index (χ0v) is 10.6. The van der Waals surface area contributed by atoms with E-state index in [0.29, 0.717) is 5.57 Å². The summed E-state index contributed by atoms with van der Waals surface area (Å²) < 4.78 is 6.26. The quantitative estimate of drug-likeness (QED) is 0.594. The standard InChI is InChI=1S/C10H16N2O3S/c1-6(2)9-8(10(14)15-4)5-12(16-9)11-7(3)13/h5-6,9H,1-4H3,(H,11,13). The second kappa shape index (κ2) is 5.25. The normalized spacial score (nSPS) is 19.7. The van der Waals surface area contributed by atoms with Crippen molar-refractivity contribution in [3.8, 4) is 0 Å². The lowest BCUT2D eigenvalue weighted by Gasteiger charge is -2.19. The number of carbonyl (C=O) groups is 2. The molecule has 1 rings (SSSR count). The van der Waals surface area contributed by atoms with E-state index in [2.05, 4.69) is 5.43 Å². The molecule has 0 aromatic rings. The highest BCUT2D eigenvalue weighted by molar-refractivity contribution is 7.98. The Balaban J connectivity index is 2.81. The number of esters is 1. The van der Waals surface area contributed by atoms with Crippen molar-refractivity contribution in [2.24, 2.45) is 5.92 Å². The zero-order chi connectivity index (χ0) is 12.3. The number of ether oxygens (including phenoxy) is 1. The van der Waals surface area contributed by atoms with Crippen LogP contribution < -0.4 is 5.43 Å². The molecular weight excluding hydrogens is 228 g/mol. The molecule has 1 amide bonds. The summed E-state index contributed by atoms with van der Waals surface area (Å²) in [6, 6.07) is 0. The molecule has 0 fully saturated rings. The number of carbonyl (C=O) groups excluding carboxylic acids is 2. The molecular formula is C10H16N2O3S. The van der Waals surface area contributed by atoms with Gasteiger partial charge in [-0.15, -0.1) is 0 Å². The van der Waals surface area contributed by atoms with Crippen molar-refractivity contribution in [3.05, 3.63) is 11.8 Å². The summed E-state index contributed by atoms with van der Waals surface area (Å²) in [5.41, 5.74) is 3.19. The third kappa shape index (κ3) is 2.91. The van der Waals surface area contributed by atoms with Crippen LogP contribution in [0.1, 0.15) is 20.8 Å². The van der Waals surface area contributed by atoms with Gasteiger partial charge in [-0.1, -0.05) is 13.8 Å². The number of rotatable bonds is 3. The second-order valence-corrected chi connectivity index (χ2v) is 4.95. The number of hydrogen-bond acceptors (Lipinski definition) is 5. The fourth-order valence-corrected chi connectivity index (χ4v) is 2.51. The lowest BCUT2D eigenvalue weighted by Crippen LogP contribution is -2.31. The van der Waals surface area contributed by atoms with E-state index >= 15 is 0 Å². The highest BCUT2D eigenvalue weighted by Gasteiger charge is 2.33. The van der Waals surface area contributed by atoms with E-state index < -0.39 is 0 Å². The molecule has 0 spiro atoms. The van der Waals surface area contributed by atoms with Crippen molar-refractivity contribution >= 4 is 23.8 Å². The summed E-state index contributed by atoms with van der Waals surface area (Å²) in [5.74, 6) is -0.231. The summed E-state index contributed by atoms with van der Waals surface area (Å²) in [7, 11) is 1.35. The summed E-state index contributed by atoms with van der Waals surface area (Å²) in [4.78, 5) is 22.4. The fraction of sp³-hybridized carbons (Fsp3) is 0.600. The molecule has 1 unspecified atom stereocenters. The van der Waals surface area contributed by atoms with E-state index in [1.54, 1.807) is 10.6 Å². The number of nitrogens with one attached hydrogen (secondary N) is 1. The Labute approximate surface area is 99.3 Å². The Morgan fingerprint density at radius 3 is 2.62 bits per heavy atom. The number of hydrogen-bond donors (Lipinski definition) is 1. The Morgan fingerprint density at radius 2 is 2.19 bits per heavy atom. The lowest BCUT2D eigenvalue weighted by molar-refractivity contribution is -0.136. The molecule has 6 heteroatoms. The van der Waals surface area contributed by atoms with Gasteiger partial charge in [-0.25, -0.2) is 9.21 Å². The van der Waals surface area contributed by atoms with Gasteiger partial charge < -0.3 is 4.74 Å². The lowest BCUT2D eigenvalue weighted by atomic mass is 10.0. The average molecular weight is 244 g/mol. The Bertz CT molecular complexity index is 328. The van der Waals surface area contributed by atoms with Crippen LogP contribution in [-0.2, 0) is 14.3 Å². The highest BCUT2D eigenvalue weighted by atomic mass is 32.2. The minimum Gasteiger partial charge on any atom is -0.466 e. The van der Waals surface area contributed by atoms with Gasteiger partial charge in [-0.3, -0.25) is 10.2 Å². The van der Waals surface area contributed by atoms with Gasteiger partial charge in [0.25, 0.3) is 0 Å². The highest BCUT2D eigenvalue weighted by Crippen LogP contribution is 2.35. The Kier molecular flexibility index (Phi) is 4.23. The Morgan fingerprint density at radius 1 is 1.56 bits per heavy atom. The van der Waals surface area contributed by atoms with Crippen LogP contribution in [0.5, 0.6) is 0 Å². The molecule has 1 aliphatic rings. The first-order chi connectivity index (χ1) is 7.45. The number of amides is 1. The first kappa shape index (κ1) is 12.9. The summed E-state index contributed by atoms with van der Waals surface area (Å²) >= 11 is 1.41. The summed E-state index contributed by atoms with van der Waals surface area (Å²) in [6.07, 6.45) is 1.61. The van der Waals surface area contributed by atoms with Gasteiger partial charge in [0.2, 0.25) is 5.91 Å². The summed E-state index contributed by atoms with van der Waals surface area (Å²) in [5, 5.41) is 0.0132. The van der Waals surface area contributed by atoms with Crippen LogP contribution in [0.3, 0.4) is 0 Å². The van der Waals surface area contributed by atoms with Gasteiger partial charge in [-0.2, -0.15) is 0 Å². The van der Waals surface area contributed by atoms with Crippen LogP contribution in [0, 0.1) is 5.92 Å². The number of hydrazine groups is 1. The van der Waals surface area contributed by atoms with Gasteiger partial charge in [0, 0.05) is 13.1 Å². The van der Waals surface area contributed by atoms with E-state index in [1.165, 1.54) is 26.0 Å². The first-order valence-corrected chi connectivity index (χ1v) is 5.82. The predicted molar refractivity (Wildman–Crippen MR) is 62.0 cm³/mol. The number of nitrogens with zero attached hydrogens (tertiary/aromatic N) is 1. The average Bonchev–Trinajstić information content (AvgIpc) is 2.59. The van der Waals surface area contributed by atoms with Crippen LogP contribution in [0.25, 0.3) is 0 Å². The van der Waals surface area contributed by atoms with Gasteiger partial charge in [0.05, 0.1) is 17.9 Å². The SMILES string of the molecule is COC(=O)C1=CN(NC(C)=O)SC1C(C)C. The van der Waals surface area contributed by atoms with Crippen LogP contribution in [0.2, 0.25) is 0 Å². The van der Waals surface area contributed by atoms with Crippen molar-refractivity contribution in [1.29, 1.82) is 0 Å². The predicted octanol–water partition coefficient (Wildman–Crippen LogP) is 1.08. The van der Waals surface area contributed by atoms with Crippen LogP contribution in [0.15, 0.2) is 11.8 Å². The van der Waals surface area contributed by atoms with Crippen molar-refractivity contribution in [3.63, 3.8) is 0 Å². The number of methoxy groups -OCH3 is 1. The maximum atomic E-state index is 11.5. The van der Waals surface area contributed by atoms with E-state index in [-0.39, 0.29) is 23.0 Å². The third-order valence-electron chi connectivity index (χ3n) is 2.08. The molecule has 0 aromatic heterocycles. The van der Waals surface area contributed by atoms with Crippen molar-refractivity contribution < 1.29 is 14.3 Å². The molecule has 0 saturated carbocycles. The first-order valence-electron chi connectivity index (χ1n) is 4.99. The second-order valence-electron chi connectivity index (χ2n) is 3.84. The minimum absolute atomic E-state index is 0.0132. The van der Waals surface area contributed by atoms with E-state index in [1.807, 2.05) is 13.8 Å². The van der Waals surface area contributed by atoms with Crippen molar-refractivity contribution in [1.82, 2.24) is 9.84 Å². The Hall–Kier alpha value is -1.17. The van der Waals surface area contributed by atoms with E-state index in [0.717, 1.165) is 0 Å². The maximum absolute atomic E-state index is 11.5. The molecule has 0 aliphatic carbocycles. The fourth-order valence-electron chi connectivity index (χ4n) is 1.39. The molecule has 16 heavy (non-hydrogen) atoms. The largest absolute Gasteiger partial charge is 0.466 e. The van der Waals surface area contributed by atoms with Gasteiger partial charge in [-0.05, 0) is 17.9 Å². The maximum Gasteiger partial charge on any atom is 0.336 e. The van der Waals surface area contributed by atoms with Gasteiger partial charge in [0.15, 0.2) is 0 Å². The molecule has 5 nitrogen and oxygen atoms in total. The topological polar surface area (TPSA) is 58.6 Å². The van der Waals surface area contributed by atoms with Crippen LogP contribution in [-0.4, -0.2) is 28.7 Å². The van der Waals surface area contributed by atoms with Gasteiger partial charge in [0.1, 0.15) is 0 Å². The van der Waals surface area contributed by atoms with Crippen LogP contribution >= 0.6 is 11.9 Å². The van der Waals surface area contributed by atoms with Crippen molar-refractivity contribution in [2.75, 3.05) is 7.11 Å². The molecule has 0 radical (unpaired) electrons. The molecule has 0 saturated heterocycles. The van der Waals surface area contributed by atoms with Crippen molar-refractivity contribution in [2.45, 2.75) is 26.0 Å². The zero-order valence-electron chi connectivity index (χ0n) is 9.81.